The maximum atomic E-state index is 10.7. The van der Waals surface area contributed by atoms with E-state index < -0.39 is 11.6 Å². The van der Waals surface area contributed by atoms with Crippen LogP contribution < -0.4 is 11.1 Å². The summed E-state index contributed by atoms with van der Waals surface area (Å²) in [5.41, 5.74) is 4.53. The lowest BCUT2D eigenvalue weighted by molar-refractivity contribution is -0.138. The SMILES string of the molecule is Cl.N[C@@]1(CC(=O)O)CCC(=O)N1. The fourth-order valence-electron chi connectivity index (χ4n) is 1.14. The van der Waals surface area contributed by atoms with Crippen LogP contribution in [-0.4, -0.2) is 22.6 Å². The number of hydrogen-bond acceptors (Lipinski definition) is 3. The van der Waals surface area contributed by atoms with Gasteiger partial charge >= 0.3 is 5.97 Å². The van der Waals surface area contributed by atoms with E-state index in [0.29, 0.717) is 12.8 Å². The van der Waals surface area contributed by atoms with Crippen molar-refractivity contribution in [2.24, 2.45) is 5.73 Å². The van der Waals surface area contributed by atoms with E-state index in [9.17, 15) is 9.59 Å². The molecule has 1 heterocycles. The Balaban J connectivity index is 0.00000121. The number of nitrogens with two attached hydrogens (primary N) is 1. The minimum absolute atomic E-state index is 0. The quantitative estimate of drug-likeness (QED) is 0.550. The van der Waals surface area contributed by atoms with Gasteiger partial charge in [-0.15, -0.1) is 12.4 Å². The fraction of sp³-hybridized carbons (Fsp3) is 0.667. The van der Waals surface area contributed by atoms with E-state index in [1.54, 1.807) is 0 Å². The number of nitrogens with one attached hydrogen (secondary N) is 1. The van der Waals surface area contributed by atoms with Crippen LogP contribution in [0.15, 0.2) is 0 Å². The molecule has 4 N–H and O–H groups in total. The van der Waals surface area contributed by atoms with Gasteiger partial charge in [0.2, 0.25) is 5.91 Å². The summed E-state index contributed by atoms with van der Waals surface area (Å²) in [5.74, 6) is -1.16. The van der Waals surface area contributed by atoms with Gasteiger partial charge in [0, 0.05) is 6.42 Å². The van der Waals surface area contributed by atoms with Crippen LogP contribution in [0.5, 0.6) is 0 Å². The van der Waals surface area contributed by atoms with Crippen LogP contribution in [0, 0.1) is 0 Å². The molecule has 1 aliphatic rings. The highest BCUT2D eigenvalue weighted by Crippen LogP contribution is 2.17. The Hall–Kier alpha value is -0.810. The third kappa shape index (κ3) is 2.67. The van der Waals surface area contributed by atoms with Crippen molar-refractivity contribution >= 4 is 24.3 Å². The Labute approximate surface area is 75.7 Å². The van der Waals surface area contributed by atoms with Crippen LogP contribution >= 0.6 is 12.4 Å². The molecular weight excluding hydrogens is 184 g/mol. The molecule has 0 aromatic rings. The monoisotopic (exact) mass is 194 g/mol. The van der Waals surface area contributed by atoms with Gasteiger partial charge in [0.15, 0.2) is 0 Å². The van der Waals surface area contributed by atoms with E-state index in [4.69, 9.17) is 10.8 Å². The molecule has 0 saturated carbocycles. The molecule has 0 bridgehead atoms. The summed E-state index contributed by atoms with van der Waals surface area (Å²) in [6.45, 7) is 0. The molecule has 0 radical (unpaired) electrons. The van der Waals surface area contributed by atoms with Gasteiger partial charge in [0.05, 0.1) is 12.1 Å². The van der Waals surface area contributed by atoms with E-state index in [0.717, 1.165) is 0 Å². The molecule has 12 heavy (non-hydrogen) atoms. The van der Waals surface area contributed by atoms with Crippen LogP contribution in [0.3, 0.4) is 0 Å². The van der Waals surface area contributed by atoms with Gasteiger partial charge in [0.1, 0.15) is 0 Å². The van der Waals surface area contributed by atoms with Crippen molar-refractivity contribution < 1.29 is 14.7 Å². The normalized spacial score (nSPS) is 27.6. The third-order valence-electron chi connectivity index (χ3n) is 1.65. The number of aliphatic carboxylic acids is 1. The number of carbonyl (C=O) groups is 2. The molecule has 1 aliphatic heterocycles. The molecule has 1 atom stereocenters. The van der Waals surface area contributed by atoms with E-state index >= 15 is 0 Å². The maximum absolute atomic E-state index is 10.7. The van der Waals surface area contributed by atoms with Crippen LogP contribution in [0.4, 0.5) is 0 Å². The predicted molar refractivity (Wildman–Crippen MR) is 43.8 cm³/mol. The number of hydrogen-bond donors (Lipinski definition) is 3. The van der Waals surface area contributed by atoms with E-state index in [1.807, 2.05) is 0 Å². The molecule has 0 aromatic carbocycles. The molecule has 6 heteroatoms. The highest BCUT2D eigenvalue weighted by atomic mass is 35.5. The second-order valence-corrected chi connectivity index (χ2v) is 2.77. The first-order valence-corrected chi connectivity index (χ1v) is 3.33. The Morgan fingerprint density at radius 3 is 2.67 bits per heavy atom. The summed E-state index contributed by atoms with van der Waals surface area (Å²) in [7, 11) is 0. The van der Waals surface area contributed by atoms with Crippen molar-refractivity contribution in [2.45, 2.75) is 24.9 Å². The molecule has 1 fully saturated rings. The lowest BCUT2D eigenvalue weighted by atomic mass is 10.1. The van der Waals surface area contributed by atoms with Gasteiger partial charge in [-0.1, -0.05) is 0 Å². The summed E-state index contributed by atoms with van der Waals surface area (Å²) in [6.07, 6.45) is 0.515. The summed E-state index contributed by atoms with van der Waals surface area (Å²) < 4.78 is 0. The number of carboxylic acids is 1. The first-order valence-electron chi connectivity index (χ1n) is 3.33. The standard InChI is InChI=1S/C6H10N2O3.ClH/c7-6(3-5(10)11)2-1-4(9)8-6;/h1-3,7H2,(H,8,9)(H,10,11);1H/t6-;/m0./s1. The minimum atomic E-state index is -1.01. The van der Waals surface area contributed by atoms with Gasteiger partial charge in [-0.05, 0) is 6.42 Å². The first kappa shape index (κ1) is 11.2. The average molecular weight is 195 g/mol. The first-order chi connectivity index (χ1) is 5.02. The van der Waals surface area contributed by atoms with Crippen LogP contribution in [0.1, 0.15) is 19.3 Å². The van der Waals surface area contributed by atoms with Gasteiger partial charge in [-0.25, -0.2) is 0 Å². The largest absolute Gasteiger partial charge is 0.481 e. The summed E-state index contributed by atoms with van der Waals surface area (Å²) in [6, 6.07) is 0. The second-order valence-electron chi connectivity index (χ2n) is 2.77. The number of carbonyl (C=O) groups excluding carboxylic acids is 1. The summed E-state index contributed by atoms with van der Waals surface area (Å²) in [5, 5.41) is 10.8. The third-order valence-corrected chi connectivity index (χ3v) is 1.65. The number of rotatable bonds is 2. The van der Waals surface area contributed by atoms with Crippen LogP contribution in [0.2, 0.25) is 0 Å². The molecule has 70 valence electrons. The van der Waals surface area contributed by atoms with Crippen LogP contribution in [-0.2, 0) is 9.59 Å². The van der Waals surface area contributed by atoms with E-state index in [1.165, 1.54) is 0 Å². The van der Waals surface area contributed by atoms with Gasteiger partial charge in [-0.3, -0.25) is 9.59 Å². The molecule has 0 unspecified atom stereocenters. The smallest absolute Gasteiger partial charge is 0.307 e. The highest BCUT2D eigenvalue weighted by molar-refractivity contribution is 5.85. The zero-order chi connectivity index (χ0) is 8.48. The summed E-state index contributed by atoms with van der Waals surface area (Å²) >= 11 is 0. The van der Waals surface area contributed by atoms with Crippen molar-refractivity contribution in [1.29, 1.82) is 0 Å². The molecule has 1 amide bonds. The molecular formula is C6H11ClN2O3. The molecule has 0 aliphatic carbocycles. The van der Waals surface area contributed by atoms with Gasteiger partial charge in [0.25, 0.3) is 0 Å². The number of amides is 1. The lowest BCUT2D eigenvalue weighted by Crippen LogP contribution is -2.51. The molecule has 1 saturated heterocycles. The van der Waals surface area contributed by atoms with Crippen molar-refractivity contribution in [1.82, 2.24) is 5.32 Å². The Morgan fingerprint density at radius 2 is 2.33 bits per heavy atom. The Morgan fingerprint density at radius 1 is 1.75 bits per heavy atom. The van der Waals surface area contributed by atoms with E-state index in [2.05, 4.69) is 5.32 Å². The van der Waals surface area contributed by atoms with E-state index in [-0.39, 0.29) is 24.7 Å². The van der Waals surface area contributed by atoms with Crippen molar-refractivity contribution in [3.05, 3.63) is 0 Å². The zero-order valence-corrected chi connectivity index (χ0v) is 7.19. The molecule has 1 rings (SSSR count). The molecule has 0 spiro atoms. The van der Waals surface area contributed by atoms with Gasteiger partial charge < -0.3 is 16.2 Å². The van der Waals surface area contributed by atoms with Crippen molar-refractivity contribution in [3.63, 3.8) is 0 Å². The van der Waals surface area contributed by atoms with Gasteiger partial charge in [-0.2, -0.15) is 0 Å². The maximum Gasteiger partial charge on any atom is 0.307 e. The van der Waals surface area contributed by atoms with Crippen molar-refractivity contribution in [2.75, 3.05) is 0 Å². The number of carboxylic acid groups (broad SMARTS) is 1. The van der Waals surface area contributed by atoms with Crippen LogP contribution in [0.25, 0.3) is 0 Å². The zero-order valence-electron chi connectivity index (χ0n) is 6.37. The Bertz CT molecular complexity index is 209. The van der Waals surface area contributed by atoms with Crippen molar-refractivity contribution in [3.8, 4) is 0 Å². The number of halogens is 1. The fourth-order valence-corrected chi connectivity index (χ4v) is 1.14. The second kappa shape index (κ2) is 3.73. The summed E-state index contributed by atoms with van der Waals surface area (Å²) in [4.78, 5) is 20.9. The Kier molecular flexibility index (Phi) is 3.48. The lowest BCUT2D eigenvalue weighted by Gasteiger charge is -2.20. The average Bonchev–Trinajstić information content (AvgIpc) is 2.08. The topological polar surface area (TPSA) is 92.4 Å². The highest BCUT2D eigenvalue weighted by Gasteiger charge is 2.35. The molecule has 5 nitrogen and oxygen atoms in total. The minimum Gasteiger partial charge on any atom is -0.481 e. The predicted octanol–water partition coefficient (Wildman–Crippen LogP) is -0.552. The molecule has 0 aromatic heterocycles.